The number of benzene rings is 1. The highest BCUT2D eigenvalue weighted by Gasteiger charge is 2.30. The predicted molar refractivity (Wildman–Crippen MR) is 98.7 cm³/mol. The van der Waals surface area contributed by atoms with Crippen molar-refractivity contribution < 1.29 is 17.9 Å². The molecule has 1 aliphatic carbocycles. The van der Waals surface area contributed by atoms with Crippen LogP contribution < -0.4 is 10.0 Å². The van der Waals surface area contributed by atoms with Crippen LogP contribution in [0.2, 0.25) is 0 Å². The SMILES string of the molecule is CSN[C@H]1CCCN[C@H]1COC1CCC(c2c(F)ccc(F)c2F)CC1. The van der Waals surface area contributed by atoms with Crippen molar-refractivity contribution in [2.75, 3.05) is 19.4 Å². The van der Waals surface area contributed by atoms with Crippen molar-refractivity contribution in [2.45, 2.75) is 62.6 Å². The van der Waals surface area contributed by atoms with Crippen molar-refractivity contribution in [1.29, 1.82) is 0 Å². The Bertz CT molecular complexity index is 594. The highest BCUT2D eigenvalue weighted by atomic mass is 32.2. The van der Waals surface area contributed by atoms with E-state index in [0.29, 0.717) is 25.5 Å². The number of halogens is 3. The summed E-state index contributed by atoms with van der Waals surface area (Å²) in [5, 5.41) is 3.51. The van der Waals surface area contributed by atoms with E-state index in [4.69, 9.17) is 4.74 Å². The molecule has 0 spiro atoms. The molecule has 1 aromatic carbocycles. The summed E-state index contributed by atoms with van der Waals surface area (Å²) in [5.74, 6) is -2.93. The van der Waals surface area contributed by atoms with Crippen molar-refractivity contribution in [3.8, 4) is 0 Å². The fraction of sp³-hybridized carbons (Fsp3) is 0.684. The second kappa shape index (κ2) is 9.44. The van der Waals surface area contributed by atoms with Crippen LogP contribution in [-0.4, -0.2) is 37.6 Å². The maximum Gasteiger partial charge on any atom is 0.165 e. The molecule has 1 saturated carbocycles. The average Bonchev–Trinajstić information content (AvgIpc) is 2.66. The third-order valence-corrected chi connectivity index (χ3v) is 6.07. The van der Waals surface area contributed by atoms with Gasteiger partial charge in [-0.2, -0.15) is 0 Å². The van der Waals surface area contributed by atoms with Crippen molar-refractivity contribution in [3.63, 3.8) is 0 Å². The molecule has 2 fully saturated rings. The van der Waals surface area contributed by atoms with Gasteiger partial charge in [-0.25, -0.2) is 13.2 Å². The predicted octanol–water partition coefficient (Wildman–Crippen LogP) is 4.13. The first-order valence-corrected chi connectivity index (χ1v) is 10.6. The van der Waals surface area contributed by atoms with Gasteiger partial charge in [0, 0.05) is 17.6 Å². The molecule has 0 aromatic heterocycles. The Labute approximate surface area is 157 Å². The lowest BCUT2D eigenvalue weighted by atomic mass is 9.82. The first kappa shape index (κ1) is 20.0. The quantitative estimate of drug-likeness (QED) is 0.567. The molecule has 2 aliphatic rings. The summed E-state index contributed by atoms with van der Waals surface area (Å²) in [6.07, 6.45) is 7.14. The van der Waals surface area contributed by atoms with Crippen LogP contribution in [-0.2, 0) is 4.74 Å². The van der Waals surface area contributed by atoms with Gasteiger partial charge in [0.25, 0.3) is 0 Å². The van der Waals surface area contributed by atoms with E-state index in [1.54, 1.807) is 11.9 Å². The second-order valence-corrected chi connectivity index (χ2v) is 7.84. The minimum Gasteiger partial charge on any atom is -0.377 e. The lowest BCUT2D eigenvalue weighted by molar-refractivity contribution is 0.00500. The first-order valence-electron chi connectivity index (χ1n) is 9.37. The second-order valence-electron chi connectivity index (χ2n) is 7.20. The van der Waals surface area contributed by atoms with Crippen LogP contribution >= 0.6 is 11.9 Å². The van der Waals surface area contributed by atoms with E-state index in [9.17, 15) is 13.2 Å². The Hall–Kier alpha value is -0.760. The van der Waals surface area contributed by atoms with Crippen molar-refractivity contribution in [3.05, 3.63) is 35.1 Å². The van der Waals surface area contributed by atoms with Gasteiger partial charge in [-0.05, 0) is 69.4 Å². The van der Waals surface area contributed by atoms with Crippen molar-refractivity contribution in [1.82, 2.24) is 10.0 Å². The zero-order valence-electron chi connectivity index (χ0n) is 15.1. The van der Waals surface area contributed by atoms with Crippen LogP contribution in [0.25, 0.3) is 0 Å². The molecule has 0 amide bonds. The van der Waals surface area contributed by atoms with Gasteiger partial charge >= 0.3 is 0 Å². The Morgan fingerprint density at radius 3 is 2.58 bits per heavy atom. The summed E-state index contributed by atoms with van der Waals surface area (Å²) in [7, 11) is 0. The molecule has 1 aliphatic heterocycles. The maximum atomic E-state index is 14.0. The number of hydrogen-bond acceptors (Lipinski definition) is 4. The van der Waals surface area contributed by atoms with Crippen LogP contribution in [0.4, 0.5) is 13.2 Å². The Kier molecular flexibility index (Phi) is 7.26. The Morgan fingerprint density at radius 2 is 1.85 bits per heavy atom. The fourth-order valence-corrected chi connectivity index (χ4v) is 4.68. The van der Waals surface area contributed by atoms with E-state index in [1.165, 1.54) is 0 Å². The minimum absolute atomic E-state index is 0.0957. The van der Waals surface area contributed by atoms with Crippen LogP contribution in [0.3, 0.4) is 0 Å². The van der Waals surface area contributed by atoms with E-state index >= 15 is 0 Å². The lowest BCUT2D eigenvalue weighted by Crippen LogP contribution is -2.52. The summed E-state index contributed by atoms with van der Waals surface area (Å²) in [6.45, 7) is 1.64. The maximum absolute atomic E-state index is 14.0. The van der Waals surface area contributed by atoms with Gasteiger partial charge in [-0.1, -0.05) is 11.9 Å². The van der Waals surface area contributed by atoms with Gasteiger partial charge in [0.05, 0.1) is 12.7 Å². The number of hydrogen-bond donors (Lipinski definition) is 2. The normalized spacial score (nSPS) is 29.7. The molecular formula is C19H27F3N2OS. The minimum atomic E-state index is -1.04. The van der Waals surface area contributed by atoms with Gasteiger partial charge in [-0.3, -0.25) is 4.72 Å². The number of piperidine rings is 1. The topological polar surface area (TPSA) is 33.3 Å². The van der Waals surface area contributed by atoms with E-state index < -0.39 is 17.5 Å². The highest BCUT2D eigenvalue weighted by molar-refractivity contribution is 7.96. The molecule has 0 bridgehead atoms. The van der Waals surface area contributed by atoms with Gasteiger partial charge in [-0.15, -0.1) is 0 Å². The molecule has 1 heterocycles. The first-order chi connectivity index (χ1) is 12.6. The largest absolute Gasteiger partial charge is 0.377 e. The molecule has 2 N–H and O–H groups in total. The zero-order valence-corrected chi connectivity index (χ0v) is 15.9. The summed E-state index contributed by atoms with van der Waals surface area (Å²) in [4.78, 5) is 0. The van der Waals surface area contributed by atoms with Gasteiger partial charge in [0.15, 0.2) is 11.6 Å². The van der Waals surface area contributed by atoms with E-state index in [0.717, 1.165) is 44.4 Å². The Morgan fingerprint density at radius 1 is 1.12 bits per heavy atom. The molecule has 0 unspecified atom stereocenters. The molecule has 1 aromatic rings. The summed E-state index contributed by atoms with van der Waals surface area (Å²) in [5.41, 5.74) is -0.0957. The van der Waals surface area contributed by atoms with Crippen molar-refractivity contribution in [2.24, 2.45) is 0 Å². The Balaban J connectivity index is 1.50. The lowest BCUT2D eigenvalue weighted by Gasteiger charge is -2.35. The van der Waals surface area contributed by atoms with Crippen molar-refractivity contribution >= 4 is 11.9 Å². The molecule has 0 radical (unpaired) electrons. The molecule has 146 valence electrons. The molecule has 1 saturated heterocycles. The molecule has 2 atom stereocenters. The van der Waals surface area contributed by atoms with Gasteiger partial charge in [0.2, 0.25) is 0 Å². The number of nitrogens with one attached hydrogen (secondary N) is 2. The monoisotopic (exact) mass is 388 g/mol. The standard InChI is InChI=1S/C19H27F3N2OS/c1-26-24-16-3-2-10-23-17(16)11-25-13-6-4-12(5-7-13)18-14(20)8-9-15(21)19(18)22/h8-9,12-13,16-17,23-24H,2-7,10-11H2,1H3/t12?,13?,16-,17-/m0/s1. The third kappa shape index (κ3) is 4.74. The van der Waals surface area contributed by atoms with Crippen LogP contribution in [0, 0.1) is 17.5 Å². The molecular weight excluding hydrogens is 361 g/mol. The summed E-state index contributed by atoms with van der Waals surface area (Å²) in [6, 6.07) is 2.54. The number of rotatable bonds is 6. The van der Waals surface area contributed by atoms with E-state index in [1.807, 2.05) is 6.26 Å². The van der Waals surface area contributed by atoms with Crippen LogP contribution in [0.15, 0.2) is 12.1 Å². The van der Waals surface area contributed by atoms with Crippen LogP contribution in [0.1, 0.15) is 50.0 Å². The third-order valence-electron chi connectivity index (χ3n) is 5.53. The highest BCUT2D eigenvalue weighted by Crippen LogP contribution is 2.37. The molecule has 3 nitrogen and oxygen atoms in total. The fourth-order valence-electron chi connectivity index (χ4n) is 4.10. The van der Waals surface area contributed by atoms with Crippen LogP contribution in [0.5, 0.6) is 0 Å². The van der Waals surface area contributed by atoms with E-state index in [2.05, 4.69) is 10.0 Å². The molecule has 26 heavy (non-hydrogen) atoms. The summed E-state index contributed by atoms with van der Waals surface area (Å²) >= 11 is 1.63. The van der Waals surface area contributed by atoms with E-state index in [-0.39, 0.29) is 23.6 Å². The molecule has 3 rings (SSSR count). The smallest absolute Gasteiger partial charge is 0.165 e. The zero-order chi connectivity index (χ0) is 18.5. The van der Waals surface area contributed by atoms with Gasteiger partial charge < -0.3 is 10.1 Å². The molecule has 7 heteroatoms. The van der Waals surface area contributed by atoms with Gasteiger partial charge in [0.1, 0.15) is 5.82 Å². The number of ether oxygens (including phenoxy) is 1. The summed E-state index contributed by atoms with van der Waals surface area (Å²) < 4.78 is 50.9. The average molecular weight is 388 g/mol.